The molecular formula is C8H10F3N3O. The van der Waals surface area contributed by atoms with Gasteiger partial charge in [0.25, 0.3) is 0 Å². The Labute approximate surface area is 84.4 Å². The summed E-state index contributed by atoms with van der Waals surface area (Å²) >= 11 is 0. The van der Waals surface area contributed by atoms with Gasteiger partial charge in [-0.1, -0.05) is 0 Å². The molecule has 1 aromatic rings. The van der Waals surface area contributed by atoms with E-state index in [0.29, 0.717) is 0 Å². The van der Waals surface area contributed by atoms with Gasteiger partial charge in [0.1, 0.15) is 5.69 Å². The number of hydroxylamine groups is 1. The molecule has 0 aliphatic carbocycles. The SMILES string of the molecule is CON(C)c1cc(C(F)(F)F)ncc1N. The van der Waals surface area contributed by atoms with Crippen molar-refractivity contribution in [3.8, 4) is 0 Å². The number of aromatic nitrogens is 1. The fourth-order valence-electron chi connectivity index (χ4n) is 0.981. The molecule has 0 saturated heterocycles. The monoisotopic (exact) mass is 221 g/mol. The maximum absolute atomic E-state index is 12.3. The Hall–Kier alpha value is -1.50. The number of nitrogen functional groups attached to an aromatic ring is 1. The second-order valence-corrected chi connectivity index (χ2v) is 2.81. The Bertz CT molecular complexity index is 353. The highest BCUT2D eigenvalue weighted by atomic mass is 19.4. The molecule has 0 unspecified atom stereocenters. The lowest BCUT2D eigenvalue weighted by atomic mass is 10.3. The van der Waals surface area contributed by atoms with Crippen molar-refractivity contribution in [3.05, 3.63) is 18.0 Å². The predicted molar refractivity (Wildman–Crippen MR) is 49.1 cm³/mol. The zero-order valence-corrected chi connectivity index (χ0v) is 8.17. The Balaban J connectivity index is 3.17. The minimum Gasteiger partial charge on any atom is -0.396 e. The fraction of sp³-hybridized carbons (Fsp3) is 0.375. The predicted octanol–water partition coefficient (Wildman–Crippen LogP) is 1.68. The summed E-state index contributed by atoms with van der Waals surface area (Å²) in [4.78, 5) is 7.94. The highest BCUT2D eigenvalue weighted by molar-refractivity contribution is 5.65. The van der Waals surface area contributed by atoms with Gasteiger partial charge in [0, 0.05) is 7.05 Å². The quantitative estimate of drug-likeness (QED) is 0.772. The van der Waals surface area contributed by atoms with Crippen LogP contribution in [0.3, 0.4) is 0 Å². The minimum absolute atomic E-state index is 0.118. The first-order chi connectivity index (χ1) is 6.86. The molecule has 0 aromatic carbocycles. The summed E-state index contributed by atoms with van der Waals surface area (Å²) in [7, 11) is 2.78. The van der Waals surface area contributed by atoms with Gasteiger partial charge in [-0.15, -0.1) is 0 Å². The zero-order valence-electron chi connectivity index (χ0n) is 8.17. The molecule has 0 saturated carbocycles. The summed E-state index contributed by atoms with van der Waals surface area (Å²) in [5.74, 6) is 0. The number of hydrogen-bond acceptors (Lipinski definition) is 4. The summed E-state index contributed by atoms with van der Waals surface area (Å²) in [5, 5.41) is 1.13. The molecule has 7 heteroatoms. The highest BCUT2D eigenvalue weighted by Gasteiger charge is 2.33. The number of anilines is 2. The van der Waals surface area contributed by atoms with Gasteiger partial charge in [0.05, 0.1) is 24.7 Å². The third kappa shape index (κ3) is 2.50. The number of nitrogens with two attached hydrogens (primary N) is 1. The summed E-state index contributed by atoms with van der Waals surface area (Å²) in [6.45, 7) is 0. The van der Waals surface area contributed by atoms with E-state index in [1.807, 2.05) is 0 Å². The van der Waals surface area contributed by atoms with Gasteiger partial charge in [0.2, 0.25) is 0 Å². The molecule has 4 nitrogen and oxygen atoms in total. The van der Waals surface area contributed by atoms with Crippen molar-refractivity contribution in [3.63, 3.8) is 0 Å². The smallest absolute Gasteiger partial charge is 0.396 e. The third-order valence-electron chi connectivity index (χ3n) is 1.82. The first kappa shape index (κ1) is 11.6. The first-order valence-electron chi connectivity index (χ1n) is 3.97. The second kappa shape index (κ2) is 3.93. The average molecular weight is 221 g/mol. The van der Waals surface area contributed by atoms with Gasteiger partial charge < -0.3 is 5.73 Å². The fourth-order valence-corrected chi connectivity index (χ4v) is 0.981. The number of rotatable bonds is 2. The van der Waals surface area contributed by atoms with Crippen LogP contribution in [0.1, 0.15) is 5.69 Å². The van der Waals surface area contributed by atoms with E-state index < -0.39 is 11.9 Å². The van der Waals surface area contributed by atoms with Gasteiger partial charge in [-0.25, -0.2) is 4.98 Å². The molecule has 2 N–H and O–H groups in total. The van der Waals surface area contributed by atoms with Crippen molar-refractivity contribution < 1.29 is 18.0 Å². The Kier molecular flexibility index (Phi) is 3.04. The molecule has 1 heterocycles. The lowest BCUT2D eigenvalue weighted by Gasteiger charge is -2.18. The summed E-state index contributed by atoms with van der Waals surface area (Å²) in [6.07, 6.45) is -3.54. The molecule has 1 rings (SSSR count). The van der Waals surface area contributed by atoms with Crippen LogP contribution >= 0.6 is 0 Å². The van der Waals surface area contributed by atoms with Crippen LogP contribution in [-0.4, -0.2) is 19.1 Å². The van der Waals surface area contributed by atoms with E-state index in [0.717, 1.165) is 17.3 Å². The lowest BCUT2D eigenvalue weighted by molar-refractivity contribution is -0.141. The van der Waals surface area contributed by atoms with Crippen molar-refractivity contribution in [2.24, 2.45) is 0 Å². The molecule has 1 aromatic heterocycles. The lowest BCUT2D eigenvalue weighted by Crippen LogP contribution is -2.18. The van der Waals surface area contributed by atoms with Crippen LogP contribution in [0, 0.1) is 0 Å². The van der Waals surface area contributed by atoms with Crippen LogP contribution in [0.25, 0.3) is 0 Å². The number of alkyl halides is 3. The maximum Gasteiger partial charge on any atom is 0.433 e. The third-order valence-corrected chi connectivity index (χ3v) is 1.82. The summed E-state index contributed by atoms with van der Waals surface area (Å²) in [6, 6.07) is 0.832. The molecule has 84 valence electrons. The van der Waals surface area contributed by atoms with E-state index in [-0.39, 0.29) is 11.4 Å². The largest absolute Gasteiger partial charge is 0.433 e. The topological polar surface area (TPSA) is 51.4 Å². The van der Waals surface area contributed by atoms with E-state index in [2.05, 4.69) is 4.98 Å². The van der Waals surface area contributed by atoms with Gasteiger partial charge in [-0.2, -0.15) is 13.2 Å². The van der Waals surface area contributed by atoms with Crippen molar-refractivity contribution in [2.75, 3.05) is 25.0 Å². The average Bonchev–Trinajstić information content (AvgIpc) is 2.15. The van der Waals surface area contributed by atoms with Crippen LogP contribution in [0.2, 0.25) is 0 Å². The molecule has 0 aliphatic rings. The van der Waals surface area contributed by atoms with Crippen molar-refractivity contribution in [2.45, 2.75) is 6.18 Å². The van der Waals surface area contributed by atoms with E-state index in [9.17, 15) is 13.2 Å². The minimum atomic E-state index is -4.49. The second-order valence-electron chi connectivity index (χ2n) is 2.81. The number of hydrogen-bond donors (Lipinski definition) is 1. The first-order valence-corrected chi connectivity index (χ1v) is 3.97. The molecule has 15 heavy (non-hydrogen) atoms. The Morgan fingerprint density at radius 1 is 1.47 bits per heavy atom. The summed E-state index contributed by atoms with van der Waals surface area (Å²) in [5.41, 5.74) is 4.70. The van der Waals surface area contributed by atoms with Crippen molar-refractivity contribution in [1.82, 2.24) is 4.98 Å². The summed E-state index contributed by atoms with van der Waals surface area (Å²) < 4.78 is 36.9. The molecule has 0 aliphatic heterocycles. The molecule has 0 fully saturated rings. The van der Waals surface area contributed by atoms with Crippen LogP contribution < -0.4 is 10.8 Å². The van der Waals surface area contributed by atoms with Crippen LogP contribution in [0.15, 0.2) is 12.3 Å². The van der Waals surface area contributed by atoms with Crippen LogP contribution in [0.4, 0.5) is 24.5 Å². The molecule has 0 bridgehead atoms. The van der Waals surface area contributed by atoms with Crippen LogP contribution in [-0.2, 0) is 11.0 Å². The van der Waals surface area contributed by atoms with Gasteiger partial charge in [-0.05, 0) is 6.07 Å². The van der Waals surface area contributed by atoms with E-state index >= 15 is 0 Å². The van der Waals surface area contributed by atoms with Crippen molar-refractivity contribution in [1.29, 1.82) is 0 Å². The highest BCUT2D eigenvalue weighted by Crippen LogP contribution is 2.32. The Morgan fingerprint density at radius 3 is 2.53 bits per heavy atom. The van der Waals surface area contributed by atoms with Gasteiger partial charge in [-0.3, -0.25) is 9.90 Å². The zero-order chi connectivity index (χ0) is 11.6. The van der Waals surface area contributed by atoms with E-state index in [1.54, 1.807) is 0 Å². The van der Waals surface area contributed by atoms with Crippen molar-refractivity contribution >= 4 is 11.4 Å². The van der Waals surface area contributed by atoms with E-state index in [1.165, 1.54) is 14.2 Å². The standard InChI is InChI=1S/C8H10F3N3O/c1-14(15-2)6-3-7(8(9,10)11)13-4-5(6)12/h3-4H,12H2,1-2H3. The number of nitrogens with zero attached hydrogens (tertiary/aromatic N) is 2. The van der Waals surface area contributed by atoms with E-state index in [4.69, 9.17) is 10.6 Å². The molecule has 0 radical (unpaired) electrons. The molecular weight excluding hydrogens is 211 g/mol. The Morgan fingerprint density at radius 2 is 2.07 bits per heavy atom. The van der Waals surface area contributed by atoms with Gasteiger partial charge >= 0.3 is 6.18 Å². The maximum atomic E-state index is 12.3. The molecule has 0 amide bonds. The molecule has 0 spiro atoms. The number of halogens is 3. The van der Waals surface area contributed by atoms with Crippen LogP contribution in [0.5, 0.6) is 0 Å². The molecule has 0 atom stereocenters. The van der Waals surface area contributed by atoms with Gasteiger partial charge in [0.15, 0.2) is 0 Å². The number of pyridine rings is 1. The normalized spacial score (nSPS) is 11.5.